The Morgan fingerprint density at radius 1 is 1.36 bits per heavy atom. The molecule has 1 atom stereocenters. The largest absolute Gasteiger partial charge is 0.444 e. The molecule has 1 saturated heterocycles. The first-order valence-corrected chi connectivity index (χ1v) is 7.27. The lowest BCUT2D eigenvalue weighted by atomic mass is 10.2. The summed E-state index contributed by atoms with van der Waals surface area (Å²) in [5.74, 6) is 0.578. The maximum absolute atomic E-state index is 12.2. The summed E-state index contributed by atoms with van der Waals surface area (Å²) in [6, 6.07) is 2.00. The smallest absolute Gasteiger partial charge is 0.410 e. The van der Waals surface area contributed by atoms with E-state index in [1.54, 1.807) is 4.90 Å². The number of ether oxygens (including phenoxy) is 1. The van der Waals surface area contributed by atoms with E-state index in [9.17, 15) is 4.79 Å². The van der Waals surface area contributed by atoms with Crippen LogP contribution in [0, 0.1) is 11.3 Å². The number of carbonyl (C=O) groups is 1. The summed E-state index contributed by atoms with van der Waals surface area (Å²) in [6.07, 6.45) is 2.72. The van der Waals surface area contributed by atoms with Crippen molar-refractivity contribution in [1.29, 1.82) is 5.26 Å². The van der Waals surface area contributed by atoms with Crippen molar-refractivity contribution >= 4 is 12.0 Å². The average Bonchev–Trinajstić information content (AvgIpc) is 2.45. The van der Waals surface area contributed by atoms with Crippen LogP contribution in [0.4, 0.5) is 10.7 Å². The van der Waals surface area contributed by atoms with Gasteiger partial charge in [-0.2, -0.15) is 5.26 Å². The van der Waals surface area contributed by atoms with Gasteiger partial charge >= 0.3 is 6.09 Å². The number of hydrogen-bond acceptors (Lipinski definition) is 6. The Bertz CT molecular complexity index is 573. The van der Waals surface area contributed by atoms with Crippen molar-refractivity contribution in [3.63, 3.8) is 0 Å². The van der Waals surface area contributed by atoms with Gasteiger partial charge in [-0.25, -0.2) is 14.8 Å². The third-order valence-electron chi connectivity index (χ3n) is 3.31. The first kappa shape index (κ1) is 16.0. The second-order valence-electron chi connectivity index (χ2n) is 6.35. The zero-order valence-electron chi connectivity index (χ0n) is 13.4. The van der Waals surface area contributed by atoms with Gasteiger partial charge in [0.2, 0.25) is 5.95 Å². The van der Waals surface area contributed by atoms with Crippen LogP contribution in [0.2, 0.25) is 0 Å². The minimum atomic E-state index is -0.496. The molecule has 0 aliphatic carbocycles. The Morgan fingerprint density at radius 2 is 2.00 bits per heavy atom. The number of rotatable bonds is 1. The van der Waals surface area contributed by atoms with Crippen LogP contribution < -0.4 is 4.90 Å². The number of nitriles is 1. The maximum atomic E-state index is 12.2. The summed E-state index contributed by atoms with van der Waals surface area (Å²) in [7, 11) is 0. The minimum absolute atomic E-state index is 0.00263. The van der Waals surface area contributed by atoms with E-state index in [0.29, 0.717) is 31.1 Å². The molecule has 1 amide bonds. The zero-order chi connectivity index (χ0) is 16.3. The average molecular weight is 303 g/mol. The molecule has 0 radical (unpaired) electrons. The van der Waals surface area contributed by atoms with E-state index in [1.165, 1.54) is 12.4 Å². The van der Waals surface area contributed by atoms with Crippen LogP contribution in [0.15, 0.2) is 12.4 Å². The Balaban J connectivity index is 2.00. The molecule has 0 spiro atoms. The van der Waals surface area contributed by atoms with E-state index in [4.69, 9.17) is 10.00 Å². The molecular formula is C15H21N5O2. The first-order valence-electron chi connectivity index (χ1n) is 7.27. The summed E-state index contributed by atoms with van der Waals surface area (Å²) in [4.78, 5) is 24.3. The van der Waals surface area contributed by atoms with E-state index in [2.05, 4.69) is 9.97 Å². The molecule has 118 valence electrons. The van der Waals surface area contributed by atoms with Gasteiger partial charge < -0.3 is 14.5 Å². The van der Waals surface area contributed by atoms with Crippen molar-refractivity contribution in [1.82, 2.24) is 14.9 Å². The van der Waals surface area contributed by atoms with Crippen molar-refractivity contribution < 1.29 is 9.53 Å². The van der Waals surface area contributed by atoms with Gasteiger partial charge in [-0.3, -0.25) is 0 Å². The summed E-state index contributed by atoms with van der Waals surface area (Å²) in [6.45, 7) is 9.36. The summed E-state index contributed by atoms with van der Waals surface area (Å²) in [5, 5.41) is 8.77. The number of amides is 1. The van der Waals surface area contributed by atoms with Crippen molar-refractivity contribution in [2.75, 3.05) is 24.5 Å². The number of nitrogens with zero attached hydrogens (tertiary/aromatic N) is 5. The Labute approximate surface area is 130 Å². The van der Waals surface area contributed by atoms with E-state index < -0.39 is 5.60 Å². The lowest BCUT2D eigenvalue weighted by Gasteiger charge is -2.40. The van der Waals surface area contributed by atoms with Gasteiger partial charge in [-0.1, -0.05) is 0 Å². The van der Waals surface area contributed by atoms with Gasteiger partial charge in [0.05, 0.1) is 18.0 Å². The van der Waals surface area contributed by atoms with Crippen LogP contribution in [0.25, 0.3) is 0 Å². The number of piperazine rings is 1. The first-order chi connectivity index (χ1) is 10.3. The van der Waals surface area contributed by atoms with Crippen molar-refractivity contribution in [3.8, 4) is 6.07 Å². The predicted octanol–water partition coefficient (Wildman–Crippen LogP) is 1.79. The predicted molar refractivity (Wildman–Crippen MR) is 81.4 cm³/mol. The fourth-order valence-corrected chi connectivity index (χ4v) is 2.27. The van der Waals surface area contributed by atoms with E-state index in [0.717, 1.165) is 0 Å². The van der Waals surface area contributed by atoms with Crippen LogP contribution in [-0.4, -0.2) is 52.2 Å². The molecule has 22 heavy (non-hydrogen) atoms. The molecule has 1 aromatic rings. The molecular weight excluding hydrogens is 282 g/mol. The molecule has 1 aromatic heterocycles. The highest BCUT2D eigenvalue weighted by Crippen LogP contribution is 2.18. The van der Waals surface area contributed by atoms with Crippen LogP contribution in [0.5, 0.6) is 0 Å². The molecule has 1 aliphatic heterocycles. The van der Waals surface area contributed by atoms with E-state index >= 15 is 0 Å². The molecule has 2 heterocycles. The number of hydrogen-bond donors (Lipinski definition) is 0. The second-order valence-corrected chi connectivity index (χ2v) is 6.35. The number of carbonyl (C=O) groups excluding carboxylic acids is 1. The zero-order valence-corrected chi connectivity index (χ0v) is 13.4. The minimum Gasteiger partial charge on any atom is -0.444 e. The van der Waals surface area contributed by atoms with Crippen LogP contribution in [0.3, 0.4) is 0 Å². The highest BCUT2D eigenvalue weighted by Gasteiger charge is 2.31. The quantitative estimate of drug-likeness (QED) is 0.786. The van der Waals surface area contributed by atoms with Gasteiger partial charge in [-0.15, -0.1) is 0 Å². The third-order valence-corrected chi connectivity index (χ3v) is 3.31. The van der Waals surface area contributed by atoms with Gasteiger partial charge in [0.15, 0.2) is 0 Å². The summed E-state index contributed by atoms with van der Waals surface area (Å²) >= 11 is 0. The Morgan fingerprint density at radius 3 is 2.50 bits per heavy atom. The molecule has 0 aromatic carbocycles. The fraction of sp³-hybridized carbons (Fsp3) is 0.600. The number of aromatic nitrogens is 2. The van der Waals surface area contributed by atoms with Crippen LogP contribution in [-0.2, 0) is 4.74 Å². The maximum Gasteiger partial charge on any atom is 0.410 e. The standard InChI is InChI=1S/C15H21N5O2/c1-11-10-19(13-17-8-12(7-16)9-18-13)5-6-20(11)14(21)22-15(2,3)4/h8-9,11H,5-6,10H2,1-4H3/t11-/m0/s1. The van der Waals surface area contributed by atoms with Crippen molar-refractivity contribution in [2.24, 2.45) is 0 Å². The molecule has 0 unspecified atom stereocenters. The van der Waals surface area contributed by atoms with Gasteiger partial charge in [-0.05, 0) is 27.7 Å². The van der Waals surface area contributed by atoms with Gasteiger partial charge in [0.1, 0.15) is 11.7 Å². The molecule has 1 aliphatic rings. The van der Waals surface area contributed by atoms with Crippen molar-refractivity contribution in [3.05, 3.63) is 18.0 Å². The van der Waals surface area contributed by atoms with E-state index in [-0.39, 0.29) is 12.1 Å². The SMILES string of the molecule is C[C@H]1CN(c2ncc(C#N)cn2)CCN1C(=O)OC(C)(C)C. The number of anilines is 1. The highest BCUT2D eigenvalue weighted by molar-refractivity contribution is 5.69. The second kappa shape index (κ2) is 6.18. The third kappa shape index (κ3) is 3.85. The van der Waals surface area contributed by atoms with Crippen molar-refractivity contribution in [2.45, 2.75) is 39.3 Å². The van der Waals surface area contributed by atoms with E-state index in [1.807, 2.05) is 38.7 Å². The molecule has 2 rings (SSSR count). The Hall–Kier alpha value is -2.36. The summed E-state index contributed by atoms with van der Waals surface area (Å²) < 4.78 is 5.42. The normalized spacial score (nSPS) is 18.8. The molecule has 0 bridgehead atoms. The summed E-state index contributed by atoms with van der Waals surface area (Å²) in [5.41, 5.74) is -0.0614. The topological polar surface area (TPSA) is 82.4 Å². The fourth-order valence-electron chi connectivity index (χ4n) is 2.27. The monoisotopic (exact) mass is 303 g/mol. The Kier molecular flexibility index (Phi) is 4.50. The molecule has 7 nitrogen and oxygen atoms in total. The van der Waals surface area contributed by atoms with Crippen LogP contribution >= 0.6 is 0 Å². The lowest BCUT2D eigenvalue weighted by molar-refractivity contribution is 0.0158. The molecule has 1 fully saturated rings. The lowest BCUT2D eigenvalue weighted by Crippen LogP contribution is -2.55. The van der Waals surface area contributed by atoms with Crippen LogP contribution in [0.1, 0.15) is 33.3 Å². The molecule has 0 N–H and O–H groups in total. The molecule has 7 heteroatoms. The van der Waals surface area contributed by atoms with Gasteiger partial charge in [0, 0.05) is 25.7 Å². The van der Waals surface area contributed by atoms with Gasteiger partial charge in [0.25, 0.3) is 0 Å². The molecule has 0 saturated carbocycles. The highest BCUT2D eigenvalue weighted by atomic mass is 16.6.